The van der Waals surface area contributed by atoms with Crippen molar-refractivity contribution in [1.82, 2.24) is 0 Å². The van der Waals surface area contributed by atoms with E-state index in [0.29, 0.717) is 0 Å². The quantitative estimate of drug-likeness (QED) is 0.659. The molecule has 1 aromatic carbocycles. The van der Waals surface area contributed by atoms with E-state index in [1.54, 1.807) is 0 Å². The Kier molecular flexibility index (Phi) is 3.48. The monoisotopic (exact) mass is 219 g/mol. The molecule has 3 heteroatoms. The first-order chi connectivity index (χ1) is 7.34. The third kappa shape index (κ3) is 2.69. The topological polar surface area (TPSA) is 57.2 Å². The van der Waals surface area contributed by atoms with Crippen LogP contribution in [0.2, 0.25) is 0 Å². The second kappa shape index (κ2) is 4.47. The third-order valence-electron chi connectivity index (χ3n) is 2.51. The molecule has 1 aliphatic rings. The summed E-state index contributed by atoms with van der Waals surface area (Å²) in [5, 5.41) is 8.89. The Morgan fingerprint density at radius 2 is 1.81 bits per heavy atom. The van der Waals surface area contributed by atoms with Crippen LogP contribution < -0.4 is 5.11 Å². The van der Waals surface area contributed by atoms with Gasteiger partial charge in [-0.2, -0.15) is 0 Å². The van der Waals surface area contributed by atoms with Crippen molar-refractivity contribution in [1.29, 1.82) is 0 Å². The number of benzene rings is 1. The van der Waals surface area contributed by atoms with Crippen molar-refractivity contribution in [2.75, 3.05) is 0 Å². The highest BCUT2D eigenvalue weighted by Crippen LogP contribution is 2.35. The lowest BCUT2D eigenvalue weighted by molar-refractivity contribution is -0.302. The number of fused-ring (bicyclic) bond motifs is 1. The summed E-state index contributed by atoms with van der Waals surface area (Å²) < 4.78 is 0. The largest absolute Gasteiger partial charge is 0.550 e. The van der Waals surface area contributed by atoms with Crippen LogP contribution in [-0.2, 0) is 11.2 Å². The maximum atomic E-state index is 11.7. The molecule has 0 unspecified atom stereocenters. The van der Waals surface area contributed by atoms with Gasteiger partial charge in [-0.25, -0.2) is 0 Å². The molecule has 0 radical (unpaired) electrons. The maximum Gasteiger partial charge on any atom is 0.169 e. The summed E-state index contributed by atoms with van der Waals surface area (Å²) in [7, 11) is 0. The van der Waals surface area contributed by atoms with E-state index >= 15 is 0 Å². The minimum atomic E-state index is -1.08. The average molecular weight is 219 g/mol. The number of carbonyl (C=O) groups is 2. The van der Waals surface area contributed by atoms with Gasteiger partial charge in [0.1, 0.15) is 0 Å². The summed E-state index contributed by atoms with van der Waals surface area (Å²) >= 11 is 0. The van der Waals surface area contributed by atoms with Gasteiger partial charge in [0.15, 0.2) is 5.78 Å². The summed E-state index contributed by atoms with van der Waals surface area (Å²) in [4.78, 5) is 20.6. The van der Waals surface area contributed by atoms with Gasteiger partial charge in [0.25, 0.3) is 0 Å². The summed E-state index contributed by atoms with van der Waals surface area (Å²) in [6.45, 7) is 4.99. The molecule has 0 heterocycles. The van der Waals surface area contributed by atoms with Gasteiger partial charge < -0.3 is 9.90 Å². The highest BCUT2D eigenvalue weighted by atomic mass is 16.4. The number of rotatable bonds is 0. The molecule has 0 bridgehead atoms. The zero-order chi connectivity index (χ0) is 12.3. The summed E-state index contributed by atoms with van der Waals surface area (Å²) in [6.07, 6.45) is 0.891. The molecule has 0 fully saturated rings. The second-order valence-electron chi connectivity index (χ2n) is 4.54. The molecule has 0 aromatic heterocycles. The van der Waals surface area contributed by atoms with Crippen molar-refractivity contribution >= 4 is 11.8 Å². The number of carboxylic acids is 1. The maximum absolute atomic E-state index is 11.7. The normalized spacial score (nSPS) is 16.1. The first kappa shape index (κ1) is 12.4. The lowest BCUT2D eigenvalue weighted by Gasteiger charge is -2.12. The van der Waals surface area contributed by atoms with E-state index in [1.165, 1.54) is 5.56 Å². The van der Waals surface area contributed by atoms with Crippen molar-refractivity contribution in [3.63, 3.8) is 0 Å². The van der Waals surface area contributed by atoms with Gasteiger partial charge in [-0.1, -0.05) is 38.1 Å². The fourth-order valence-corrected chi connectivity index (χ4v) is 1.82. The molecule has 0 amide bonds. The predicted octanol–water partition coefficient (Wildman–Crippen LogP) is 1.21. The first-order valence-corrected chi connectivity index (χ1v) is 5.15. The fourth-order valence-electron chi connectivity index (χ4n) is 1.82. The van der Waals surface area contributed by atoms with Gasteiger partial charge >= 0.3 is 0 Å². The predicted molar refractivity (Wildman–Crippen MR) is 58.9 cm³/mol. The van der Waals surface area contributed by atoms with Gasteiger partial charge in [-0.15, -0.1) is 0 Å². The van der Waals surface area contributed by atoms with Crippen LogP contribution in [0.15, 0.2) is 24.3 Å². The molecule has 0 saturated heterocycles. The second-order valence-corrected chi connectivity index (χ2v) is 4.54. The van der Waals surface area contributed by atoms with Crippen molar-refractivity contribution in [3.8, 4) is 0 Å². The SMILES string of the molecule is CC(=O)[O-].CC1(C)Cc2ccccc2C1=O. The van der Waals surface area contributed by atoms with Gasteiger partial charge in [-0.3, -0.25) is 4.79 Å². The Morgan fingerprint density at radius 1 is 1.31 bits per heavy atom. The molecule has 1 aromatic rings. The van der Waals surface area contributed by atoms with Crippen molar-refractivity contribution in [2.24, 2.45) is 5.41 Å². The van der Waals surface area contributed by atoms with Crippen LogP contribution >= 0.6 is 0 Å². The molecule has 0 aliphatic heterocycles. The highest BCUT2D eigenvalue weighted by Gasteiger charge is 2.36. The van der Waals surface area contributed by atoms with Crippen LogP contribution in [0.1, 0.15) is 36.7 Å². The van der Waals surface area contributed by atoms with Gasteiger partial charge in [-0.05, 0) is 18.9 Å². The number of hydrogen-bond acceptors (Lipinski definition) is 3. The van der Waals surface area contributed by atoms with Crippen LogP contribution in [-0.4, -0.2) is 11.8 Å². The van der Waals surface area contributed by atoms with E-state index in [9.17, 15) is 4.79 Å². The van der Waals surface area contributed by atoms with Crippen molar-refractivity contribution in [3.05, 3.63) is 35.4 Å². The van der Waals surface area contributed by atoms with Crippen molar-refractivity contribution < 1.29 is 14.7 Å². The minimum Gasteiger partial charge on any atom is -0.550 e. The lowest BCUT2D eigenvalue weighted by atomic mass is 9.89. The first-order valence-electron chi connectivity index (χ1n) is 5.15. The van der Waals surface area contributed by atoms with Gasteiger partial charge in [0, 0.05) is 16.9 Å². The Hall–Kier alpha value is -1.64. The molecule has 1 aliphatic carbocycles. The molecular weight excluding hydrogens is 204 g/mol. The number of hydrogen-bond donors (Lipinski definition) is 0. The number of aliphatic carboxylic acids is 1. The molecule has 86 valence electrons. The zero-order valence-electron chi connectivity index (χ0n) is 9.74. The molecule has 3 nitrogen and oxygen atoms in total. The summed E-state index contributed by atoms with van der Waals surface area (Å²) in [5.41, 5.74) is 1.94. The number of carboxylic acid groups (broad SMARTS) is 1. The summed E-state index contributed by atoms with van der Waals surface area (Å²) in [5.74, 6) is -0.793. The Labute approximate surface area is 95.1 Å². The molecule has 0 spiro atoms. The van der Waals surface area contributed by atoms with Crippen molar-refractivity contribution in [2.45, 2.75) is 27.2 Å². The van der Waals surface area contributed by atoms with E-state index in [4.69, 9.17) is 9.90 Å². The van der Waals surface area contributed by atoms with Crippen LogP contribution in [0.3, 0.4) is 0 Å². The summed E-state index contributed by atoms with van der Waals surface area (Å²) in [6, 6.07) is 7.89. The van der Waals surface area contributed by atoms with E-state index in [1.807, 2.05) is 38.1 Å². The van der Waals surface area contributed by atoms with Crippen LogP contribution in [0, 0.1) is 5.41 Å². The molecule has 2 rings (SSSR count). The molecular formula is C13H15O3-. The standard InChI is InChI=1S/C11H12O.C2H4O2/c1-11(2)7-8-5-3-4-6-9(8)10(11)12;1-2(3)4/h3-6H,7H2,1-2H3;1H3,(H,3,4)/p-1. The Balaban J connectivity index is 0.000000280. The lowest BCUT2D eigenvalue weighted by Crippen LogP contribution is -2.18. The number of carbonyl (C=O) groups excluding carboxylic acids is 2. The zero-order valence-corrected chi connectivity index (χ0v) is 9.74. The van der Waals surface area contributed by atoms with Crippen LogP contribution in [0.4, 0.5) is 0 Å². The molecule has 16 heavy (non-hydrogen) atoms. The highest BCUT2D eigenvalue weighted by molar-refractivity contribution is 6.04. The third-order valence-corrected chi connectivity index (χ3v) is 2.51. The van der Waals surface area contributed by atoms with Gasteiger partial charge in [0.05, 0.1) is 0 Å². The minimum absolute atomic E-state index is 0.177. The average Bonchev–Trinajstić information content (AvgIpc) is 2.37. The Bertz CT molecular complexity index is 415. The van der Waals surface area contributed by atoms with Crippen LogP contribution in [0.5, 0.6) is 0 Å². The fraction of sp³-hybridized carbons (Fsp3) is 0.385. The Morgan fingerprint density at radius 3 is 2.31 bits per heavy atom. The molecule has 0 atom stereocenters. The number of Topliss-reactive ketones (excluding diaryl/α,β-unsaturated/α-hetero) is 1. The smallest absolute Gasteiger partial charge is 0.169 e. The van der Waals surface area contributed by atoms with E-state index in [2.05, 4.69) is 0 Å². The van der Waals surface area contributed by atoms with E-state index in [-0.39, 0.29) is 11.2 Å². The van der Waals surface area contributed by atoms with Gasteiger partial charge in [0.2, 0.25) is 0 Å². The van der Waals surface area contributed by atoms with E-state index < -0.39 is 5.97 Å². The molecule has 0 saturated carbocycles. The molecule has 0 N–H and O–H groups in total. The number of ketones is 1. The van der Waals surface area contributed by atoms with Crippen LogP contribution in [0.25, 0.3) is 0 Å². The van der Waals surface area contributed by atoms with E-state index in [0.717, 1.165) is 18.9 Å².